The fourth-order valence-electron chi connectivity index (χ4n) is 2.80. The van der Waals surface area contributed by atoms with Crippen molar-refractivity contribution < 1.29 is 28.8 Å². The van der Waals surface area contributed by atoms with E-state index in [0.29, 0.717) is 5.56 Å². The molecule has 1 aliphatic heterocycles. The second-order valence-electron chi connectivity index (χ2n) is 6.56. The number of ether oxygens (including phenoxy) is 2. The molecule has 1 heterocycles. The van der Waals surface area contributed by atoms with Crippen LogP contribution in [0, 0.1) is 24.0 Å². The Kier molecular flexibility index (Phi) is 5.58. The normalized spacial score (nSPS) is 12.8. The molecule has 2 aromatic rings. The number of nitro benzene ring substituents is 1. The molecule has 0 saturated heterocycles. The number of nitro groups is 1. The van der Waals surface area contributed by atoms with Crippen LogP contribution in [0.4, 0.5) is 11.4 Å². The van der Waals surface area contributed by atoms with Gasteiger partial charge < -0.3 is 9.47 Å². The molecule has 0 saturated carbocycles. The maximum absolute atomic E-state index is 12.2. The van der Waals surface area contributed by atoms with E-state index in [4.69, 9.17) is 9.47 Å². The highest BCUT2D eigenvalue weighted by Crippen LogP contribution is 2.35. The molecule has 1 amide bonds. The number of amides is 1. The molecule has 0 unspecified atom stereocenters. The van der Waals surface area contributed by atoms with Gasteiger partial charge in [0.2, 0.25) is 0 Å². The first-order valence-corrected chi connectivity index (χ1v) is 8.74. The molecule has 150 valence electrons. The number of ketones is 1. The summed E-state index contributed by atoms with van der Waals surface area (Å²) in [6.45, 7) is 2.53. The van der Waals surface area contributed by atoms with E-state index in [1.807, 2.05) is 13.8 Å². The van der Waals surface area contributed by atoms with Crippen molar-refractivity contribution in [2.75, 3.05) is 24.7 Å². The van der Waals surface area contributed by atoms with Gasteiger partial charge in [0.15, 0.2) is 19.0 Å². The monoisotopic (exact) mass is 398 g/mol. The number of benzene rings is 2. The van der Waals surface area contributed by atoms with Crippen LogP contribution < -0.4 is 9.64 Å². The molecular weight excluding hydrogens is 380 g/mol. The summed E-state index contributed by atoms with van der Waals surface area (Å²) in [5.41, 5.74) is 2.26. The number of fused-ring (bicyclic) bond motifs is 1. The first-order valence-electron chi connectivity index (χ1n) is 8.74. The summed E-state index contributed by atoms with van der Waals surface area (Å²) >= 11 is 0. The predicted octanol–water partition coefficient (Wildman–Crippen LogP) is 2.36. The number of aryl methyl sites for hydroxylation is 2. The predicted molar refractivity (Wildman–Crippen MR) is 102 cm³/mol. The number of hydrogen-bond acceptors (Lipinski definition) is 7. The number of anilines is 1. The minimum Gasteiger partial charge on any atom is -0.482 e. The lowest BCUT2D eigenvalue weighted by Gasteiger charge is -2.28. The lowest BCUT2D eigenvalue weighted by Crippen LogP contribution is -2.42. The molecule has 0 atom stereocenters. The molecular formula is C20H18N2O7. The average molecular weight is 398 g/mol. The van der Waals surface area contributed by atoms with Gasteiger partial charge in [0.05, 0.1) is 10.6 Å². The third-order valence-electron chi connectivity index (χ3n) is 4.58. The van der Waals surface area contributed by atoms with Crippen molar-refractivity contribution in [3.8, 4) is 5.75 Å². The van der Waals surface area contributed by atoms with Gasteiger partial charge in [-0.3, -0.25) is 29.4 Å². The third-order valence-corrected chi connectivity index (χ3v) is 4.58. The maximum atomic E-state index is 12.2. The van der Waals surface area contributed by atoms with Gasteiger partial charge in [0.1, 0.15) is 12.3 Å². The Morgan fingerprint density at radius 3 is 2.62 bits per heavy atom. The van der Waals surface area contributed by atoms with Crippen LogP contribution in [-0.2, 0) is 14.3 Å². The van der Waals surface area contributed by atoms with Crippen LogP contribution >= 0.6 is 0 Å². The molecule has 0 fully saturated rings. The van der Waals surface area contributed by atoms with Gasteiger partial charge in [-0.25, -0.2) is 0 Å². The SMILES string of the molecule is Cc1ccc(C(=O)COC(=O)CN2C(=O)COc3ccc([N+](=O)[O-])cc32)cc1C. The van der Waals surface area contributed by atoms with Crippen molar-refractivity contribution in [1.82, 2.24) is 0 Å². The first-order chi connectivity index (χ1) is 13.8. The molecule has 9 heteroatoms. The molecule has 1 aliphatic rings. The largest absolute Gasteiger partial charge is 0.482 e. The van der Waals surface area contributed by atoms with Crippen LogP contribution in [0.15, 0.2) is 36.4 Å². The smallest absolute Gasteiger partial charge is 0.326 e. The van der Waals surface area contributed by atoms with E-state index in [2.05, 4.69) is 0 Å². The molecule has 2 aromatic carbocycles. The summed E-state index contributed by atoms with van der Waals surface area (Å²) in [5, 5.41) is 11.0. The quantitative estimate of drug-likeness (QED) is 0.317. The van der Waals surface area contributed by atoms with Gasteiger partial charge in [0, 0.05) is 17.7 Å². The zero-order valence-electron chi connectivity index (χ0n) is 15.8. The van der Waals surface area contributed by atoms with Crippen molar-refractivity contribution in [2.45, 2.75) is 13.8 Å². The second-order valence-corrected chi connectivity index (χ2v) is 6.56. The fraction of sp³-hybridized carbons (Fsp3) is 0.250. The van der Waals surface area contributed by atoms with Crippen LogP contribution in [0.3, 0.4) is 0 Å². The van der Waals surface area contributed by atoms with Crippen molar-refractivity contribution in [2.24, 2.45) is 0 Å². The van der Waals surface area contributed by atoms with E-state index in [9.17, 15) is 24.5 Å². The van der Waals surface area contributed by atoms with E-state index in [-0.39, 0.29) is 29.5 Å². The van der Waals surface area contributed by atoms with Crippen molar-refractivity contribution in [3.63, 3.8) is 0 Å². The van der Waals surface area contributed by atoms with Crippen LogP contribution in [-0.4, -0.2) is 42.3 Å². The van der Waals surface area contributed by atoms with Crippen molar-refractivity contribution >= 4 is 29.0 Å². The Labute approximate surface area is 166 Å². The van der Waals surface area contributed by atoms with E-state index in [0.717, 1.165) is 22.1 Å². The number of carbonyl (C=O) groups is 3. The molecule has 0 bridgehead atoms. The number of hydrogen-bond donors (Lipinski definition) is 0. The molecule has 9 nitrogen and oxygen atoms in total. The fourth-order valence-corrected chi connectivity index (χ4v) is 2.80. The van der Waals surface area contributed by atoms with Gasteiger partial charge in [-0.2, -0.15) is 0 Å². The summed E-state index contributed by atoms with van der Waals surface area (Å²) in [6, 6.07) is 8.93. The highest BCUT2D eigenvalue weighted by Gasteiger charge is 2.29. The van der Waals surface area contributed by atoms with Crippen molar-refractivity contribution in [1.29, 1.82) is 0 Å². The van der Waals surface area contributed by atoms with Crippen LogP contribution in [0.1, 0.15) is 21.5 Å². The van der Waals surface area contributed by atoms with Crippen LogP contribution in [0.25, 0.3) is 0 Å². The Balaban J connectivity index is 1.68. The Morgan fingerprint density at radius 1 is 1.17 bits per heavy atom. The van der Waals surface area contributed by atoms with Crippen LogP contribution in [0.2, 0.25) is 0 Å². The first kappa shape index (κ1) is 20.0. The lowest BCUT2D eigenvalue weighted by atomic mass is 10.0. The van der Waals surface area contributed by atoms with Gasteiger partial charge >= 0.3 is 5.97 Å². The van der Waals surface area contributed by atoms with Gasteiger partial charge in [-0.15, -0.1) is 0 Å². The standard InChI is InChI=1S/C20H18N2O7/c1-12-3-4-14(7-13(12)2)17(23)10-29-20(25)9-21-16-8-15(22(26)27)5-6-18(16)28-11-19(21)24/h3-8H,9-11H2,1-2H3. The highest BCUT2D eigenvalue weighted by atomic mass is 16.6. The van der Waals surface area contributed by atoms with E-state index < -0.39 is 30.0 Å². The maximum Gasteiger partial charge on any atom is 0.326 e. The third kappa shape index (κ3) is 4.40. The Morgan fingerprint density at radius 2 is 1.93 bits per heavy atom. The average Bonchev–Trinajstić information content (AvgIpc) is 2.70. The molecule has 29 heavy (non-hydrogen) atoms. The van der Waals surface area contributed by atoms with E-state index in [1.54, 1.807) is 18.2 Å². The molecule has 0 aromatic heterocycles. The minimum atomic E-state index is -0.810. The molecule has 0 N–H and O–H groups in total. The molecule has 0 aliphatic carbocycles. The summed E-state index contributed by atoms with van der Waals surface area (Å²) in [4.78, 5) is 48.0. The number of nitrogens with zero attached hydrogens (tertiary/aromatic N) is 2. The number of Topliss-reactive ketones (excluding diaryl/α,β-unsaturated/α-hetero) is 1. The van der Waals surface area contributed by atoms with E-state index in [1.165, 1.54) is 12.1 Å². The lowest BCUT2D eigenvalue weighted by molar-refractivity contribution is -0.384. The second kappa shape index (κ2) is 8.09. The highest BCUT2D eigenvalue weighted by molar-refractivity contribution is 6.02. The Bertz CT molecular complexity index is 1020. The zero-order valence-corrected chi connectivity index (χ0v) is 15.8. The summed E-state index contributed by atoms with van der Waals surface area (Å²) in [7, 11) is 0. The number of esters is 1. The number of carbonyl (C=O) groups excluding carboxylic acids is 3. The molecule has 3 rings (SSSR count). The topological polar surface area (TPSA) is 116 Å². The van der Waals surface area contributed by atoms with Gasteiger partial charge in [-0.05, 0) is 37.1 Å². The van der Waals surface area contributed by atoms with Crippen LogP contribution in [0.5, 0.6) is 5.75 Å². The minimum absolute atomic E-state index is 0.105. The Hall–Kier alpha value is -3.75. The summed E-state index contributed by atoms with van der Waals surface area (Å²) in [6.07, 6.45) is 0. The summed E-state index contributed by atoms with van der Waals surface area (Å²) in [5.74, 6) is -1.48. The summed E-state index contributed by atoms with van der Waals surface area (Å²) < 4.78 is 10.3. The number of non-ortho nitro benzene ring substituents is 1. The number of rotatable bonds is 6. The molecule has 0 radical (unpaired) electrons. The molecule has 0 spiro atoms. The zero-order chi connectivity index (χ0) is 21.1. The van der Waals surface area contributed by atoms with Gasteiger partial charge in [0.25, 0.3) is 11.6 Å². The van der Waals surface area contributed by atoms with Crippen molar-refractivity contribution in [3.05, 3.63) is 63.2 Å². The van der Waals surface area contributed by atoms with E-state index >= 15 is 0 Å². The van der Waals surface area contributed by atoms with Gasteiger partial charge in [-0.1, -0.05) is 12.1 Å².